The molecule has 1 atom stereocenters. The first kappa shape index (κ1) is 20.9. The van der Waals surface area contributed by atoms with Crippen molar-refractivity contribution in [3.05, 3.63) is 102 Å². The van der Waals surface area contributed by atoms with Crippen molar-refractivity contribution in [2.45, 2.75) is 31.8 Å². The van der Waals surface area contributed by atoms with E-state index in [1.807, 2.05) is 65.6 Å². The molecular weight excluding hydrogens is 412 g/mol. The van der Waals surface area contributed by atoms with Crippen LogP contribution in [0.4, 0.5) is 0 Å². The van der Waals surface area contributed by atoms with Gasteiger partial charge >= 0.3 is 0 Å². The van der Waals surface area contributed by atoms with Crippen LogP contribution in [0.25, 0.3) is 10.9 Å². The Morgan fingerprint density at radius 1 is 0.970 bits per heavy atom. The van der Waals surface area contributed by atoms with Gasteiger partial charge < -0.3 is 15.2 Å². The molecule has 2 N–H and O–H groups in total. The SMILES string of the molecule is O=C(CCC(=O)N1CCc2c([nH]c3ccccc23)C1)NC(c1ccccc1)c1ccccn1. The molecule has 0 bridgehead atoms. The number of para-hydroxylation sites is 1. The number of hydrogen-bond acceptors (Lipinski definition) is 3. The molecule has 2 amide bonds. The summed E-state index contributed by atoms with van der Waals surface area (Å²) >= 11 is 0. The van der Waals surface area contributed by atoms with Crippen LogP contribution in [-0.2, 0) is 22.6 Å². The van der Waals surface area contributed by atoms with Crippen molar-refractivity contribution in [2.24, 2.45) is 0 Å². The number of aromatic nitrogens is 2. The highest BCUT2D eigenvalue weighted by Gasteiger charge is 2.25. The molecule has 2 aromatic heterocycles. The number of rotatable bonds is 6. The molecule has 0 saturated heterocycles. The van der Waals surface area contributed by atoms with Gasteiger partial charge in [-0.3, -0.25) is 14.6 Å². The number of H-pyrrole nitrogens is 1. The zero-order chi connectivity index (χ0) is 22.6. The number of pyridine rings is 1. The molecule has 0 radical (unpaired) electrons. The Morgan fingerprint density at radius 2 is 1.76 bits per heavy atom. The number of carbonyl (C=O) groups is 2. The van der Waals surface area contributed by atoms with E-state index in [0.717, 1.165) is 28.9 Å². The molecule has 4 aromatic rings. The Balaban J connectivity index is 1.22. The first-order valence-electron chi connectivity index (χ1n) is 11.3. The molecule has 0 saturated carbocycles. The van der Waals surface area contributed by atoms with E-state index in [0.29, 0.717) is 13.1 Å². The molecule has 2 aromatic carbocycles. The zero-order valence-corrected chi connectivity index (χ0v) is 18.3. The fourth-order valence-corrected chi connectivity index (χ4v) is 4.54. The van der Waals surface area contributed by atoms with Crippen molar-refractivity contribution in [1.82, 2.24) is 20.2 Å². The van der Waals surface area contributed by atoms with E-state index in [9.17, 15) is 9.59 Å². The molecule has 6 nitrogen and oxygen atoms in total. The summed E-state index contributed by atoms with van der Waals surface area (Å²) in [6.07, 6.45) is 2.87. The summed E-state index contributed by atoms with van der Waals surface area (Å²) in [4.78, 5) is 35.4. The lowest BCUT2D eigenvalue weighted by molar-refractivity contribution is -0.134. The van der Waals surface area contributed by atoms with E-state index < -0.39 is 0 Å². The minimum absolute atomic E-state index is 0.00329. The van der Waals surface area contributed by atoms with Crippen LogP contribution in [0, 0.1) is 0 Å². The Hall–Kier alpha value is -3.93. The van der Waals surface area contributed by atoms with E-state index >= 15 is 0 Å². The molecule has 6 heteroatoms. The van der Waals surface area contributed by atoms with Crippen LogP contribution in [0.15, 0.2) is 79.0 Å². The fraction of sp³-hybridized carbons (Fsp3) is 0.222. The lowest BCUT2D eigenvalue weighted by atomic mass is 10.0. The maximum absolute atomic E-state index is 12.9. The minimum atomic E-state index is -0.348. The van der Waals surface area contributed by atoms with Crippen molar-refractivity contribution in [3.8, 4) is 0 Å². The van der Waals surface area contributed by atoms with Gasteiger partial charge in [0.05, 0.1) is 18.3 Å². The number of benzene rings is 2. The molecule has 33 heavy (non-hydrogen) atoms. The zero-order valence-electron chi connectivity index (χ0n) is 18.3. The highest BCUT2D eigenvalue weighted by Crippen LogP contribution is 2.27. The second-order valence-corrected chi connectivity index (χ2v) is 8.36. The average Bonchev–Trinajstić information content (AvgIpc) is 3.25. The molecule has 1 aliphatic heterocycles. The maximum Gasteiger partial charge on any atom is 0.223 e. The van der Waals surface area contributed by atoms with Gasteiger partial charge in [-0.15, -0.1) is 0 Å². The van der Waals surface area contributed by atoms with Gasteiger partial charge in [0, 0.05) is 42.2 Å². The molecule has 3 heterocycles. The van der Waals surface area contributed by atoms with E-state index in [-0.39, 0.29) is 30.7 Å². The topological polar surface area (TPSA) is 78.1 Å². The summed E-state index contributed by atoms with van der Waals surface area (Å²) < 4.78 is 0. The molecule has 1 unspecified atom stereocenters. The number of aromatic amines is 1. The lowest BCUT2D eigenvalue weighted by Crippen LogP contribution is -2.37. The number of fused-ring (bicyclic) bond motifs is 3. The first-order chi connectivity index (χ1) is 16.2. The second-order valence-electron chi connectivity index (χ2n) is 8.36. The van der Waals surface area contributed by atoms with Crippen molar-refractivity contribution in [1.29, 1.82) is 0 Å². The van der Waals surface area contributed by atoms with E-state index in [4.69, 9.17) is 0 Å². The van der Waals surface area contributed by atoms with Crippen LogP contribution < -0.4 is 5.32 Å². The number of hydrogen-bond donors (Lipinski definition) is 2. The highest BCUT2D eigenvalue weighted by atomic mass is 16.2. The predicted molar refractivity (Wildman–Crippen MR) is 127 cm³/mol. The van der Waals surface area contributed by atoms with Crippen LogP contribution in [0.2, 0.25) is 0 Å². The number of nitrogens with one attached hydrogen (secondary N) is 2. The molecular formula is C27H26N4O2. The summed E-state index contributed by atoms with van der Waals surface area (Å²) in [5.74, 6) is -0.158. The molecule has 0 spiro atoms. The third kappa shape index (κ3) is 4.51. The van der Waals surface area contributed by atoms with Gasteiger partial charge in [0.25, 0.3) is 0 Å². The quantitative estimate of drug-likeness (QED) is 0.475. The van der Waals surface area contributed by atoms with Crippen LogP contribution in [0.3, 0.4) is 0 Å². The lowest BCUT2D eigenvalue weighted by Gasteiger charge is -2.27. The Bertz CT molecular complexity index is 1230. The second kappa shape index (κ2) is 9.28. The normalized spacial score (nSPS) is 14.0. The predicted octanol–water partition coefficient (Wildman–Crippen LogP) is 4.13. The Kier molecular flexibility index (Phi) is 5.89. The fourth-order valence-electron chi connectivity index (χ4n) is 4.54. The minimum Gasteiger partial charge on any atom is -0.357 e. The van der Waals surface area contributed by atoms with Gasteiger partial charge in [-0.25, -0.2) is 0 Å². The molecule has 166 valence electrons. The summed E-state index contributed by atoms with van der Waals surface area (Å²) in [7, 11) is 0. The van der Waals surface area contributed by atoms with Crippen LogP contribution in [0.5, 0.6) is 0 Å². The molecule has 0 aliphatic carbocycles. The number of carbonyl (C=O) groups excluding carboxylic acids is 2. The molecule has 5 rings (SSSR count). The highest BCUT2D eigenvalue weighted by molar-refractivity contribution is 5.87. The standard InChI is InChI=1S/C27H26N4O2/c32-25(30-27(19-8-2-1-3-9-19)23-12-6-7-16-28-23)13-14-26(33)31-17-15-21-20-10-4-5-11-22(20)29-24(21)18-31/h1-12,16,27,29H,13-15,17-18H2,(H,30,32). The Morgan fingerprint density at radius 3 is 2.58 bits per heavy atom. The summed E-state index contributed by atoms with van der Waals surface area (Å²) in [6.45, 7) is 1.24. The van der Waals surface area contributed by atoms with E-state index in [1.54, 1.807) is 6.20 Å². The van der Waals surface area contributed by atoms with Gasteiger partial charge in [-0.2, -0.15) is 0 Å². The third-order valence-corrected chi connectivity index (χ3v) is 6.22. The van der Waals surface area contributed by atoms with E-state index in [1.165, 1.54) is 10.9 Å². The summed E-state index contributed by atoms with van der Waals surface area (Å²) in [5, 5.41) is 4.30. The van der Waals surface area contributed by atoms with Gasteiger partial charge in [-0.05, 0) is 35.7 Å². The summed E-state index contributed by atoms with van der Waals surface area (Å²) in [6, 6.07) is 23.3. The van der Waals surface area contributed by atoms with Gasteiger partial charge in [-0.1, -0.05) is 54.6 Å². The maximum atomic E-state index is 12.9. The van der Waals surface area contributed by atoms with Gasteiger partial charge in [0.15, 0.2) is 0 Å². The van der Waals surface area contributed by atoms with Crippen molar-refractivity contribution >= 4 is 22.7 Å². The van der Waals surface area contributed by atoms with Crippen LogP contribution in [-0.4, -0.2) is 33.2 Å². The van der Waals surface area contributed by atoms with Crippen LogP contribution in [0.1, 0.15) is 41.4 Å². The molecule has 0 fully saturated rings. The van der Waals surface area contributed by atoms with Gasteiger partial charge in [0.2, 0.25) is 11.8 Å². The Labute approximate surface area is 192 Å². The smallest absolute Gasteiger partial charge is 0.223 e. The van der Waals surface area contributed by atoms with Crippen molar-refractivity contribution < 1.29 is 9.59 Å². The largest absolute Gasteiger partial charge is 0.357 e. The first-order valence-corrected chi connectivity index (χ1v) is 11.3. The summed E-state index contributed by atoms with van der Waals surface area (Å²) in [5.41, 5.74) is 5.23. The number of amides is 2. The molecule has 1 aliphatic rings. The van der Waals surface area contributed by atoms with Crippen molar-refractivity contribution in [3.63, 3.8) is 0 Å². The van der Waals surface area contributed by atoms with Crippen molar-refractivity contribution in [2.75, 3.05) is 6.54 Å². The van der Waals surface area contributed by atoms with E-state index in [2.05, 4.69) is 27.4 Å². The van der Waals surface area contributed by atoms with Crippen LogP contribution >= 0.6 is 0 Å². The number of nitrogens with zero attached hydrogens (tertiary/aromatic N) is 2. The van der Waals surface area contributed by atoms with Gasteiger partial charge in [0.1, 0.15) is 0 Å². The third-order valence-electron chi connectivity index (χ3n) is 6.22. The average molecular weight is 439 g/mol. The monoisotopic (exact) mass is 438 g/mol.